The van der Waals surface area contributed by atoms with Crippen LogP contribution in [-0.4, -0.2) is 61.7 Å². The molecule has 160 valence electrons. The van der Waals surface area contributed by atoms with E-state index in [2.05, 4.69) is 0 Å². The number of hydrogen-bond acceptors (Lipinski definition) is 7. The molecule has 1 heterocycles. The van der Waals surface area contributed by atoms with E-state index in [1.165, 1.54) is 23.9 Å². The van der Waals surface area contributed by atoms with Crippen LogP contribution >= 0.6 is 0 Å². The first-order valence-corrected chi connectivity index (χ1v) is 11.3. The standard InChI is InChI=1S/C16H19N3O4S.CH4O3S/c1-18(2)11-13-3-6-15(7-4-13)24(22,23)19-10-9-14(12-19)5-8-16(20)17-21;1-5(2,3)4/h3-10,12,21H,11H2,1-2H3,(H,17,20);1H3,(H,2,3,4)/b8-5+;. The summed E-state index contributed by atoms with van der Waals surface area (Å²) in [4.78, 5) is 13.1. The van der Waals surface area contributed by atoms with Crippen molar-refractivity contribution in [3.63, 3.8) is 0 Å². The van der Waals surface area contributed by atoms with Crippen molar-refractivity contribution < 1.29 is 31.4 Å². The number of amides is 1. The summed E-state index contributed by atoms with van der Waals surface area (Å²) in [6, 6.07) is 8.26. The minimum absolute atomic E-state index is 0.184. The summed E-state index contributed by atoms with van der Waals surface area (Å²) >= 11 is 0. The molecule has 0 bridgehead atoms. The predicted octanol–water partition coefficient (Wildman–Crippen LogP) is 0.809. The number of carbonyl (C=O) groups excluding carboxylic acids is 1. The van der Waals surface area contributed by atoms with Crippen molar-refractivity contribution in [3.8, 4) is 0 Å². The molecule has 0 unspecified atom stereocenters. The van der Waals surface area contributed by atoms with Gasteiger partial charge in [0.05, 0.1) is 11.2 Å². The molecule has 0 aliphatic heterocycles. The van der Waals surface area contributed by atoms with Crippen molar-refractivity contribution in [2.75, 3.05) is 20.4 Å². The van der Waals surface area contributed by atoms with Gasteiger partial charge < -0.3 is 4.90 Å². The van der Waals surface area contributed by atoms with E-state index in [0.29, 0.717) is 11.8 Å². The minimum Gasteiger partial charge on any atom is -0.305 e. The van der Waals surface area contributed by atoms with E-state index < -0.39 is 26.0 Å². The van der Waals surface area contributed by atoms with Gasteiger partial charge in [-0.3, -0.25) is 14.6 Å². The lowest BCUT2D eigenvalue weighted by atomic mass is 10.2. The van der Waals surface area contributed by atoms with E-state index >= 15 is 0 Å². The van der Waals surface area contributed by atoms with Gasteiger partial charge in [0.25, 0.3) is 26.0 Å². The molecule has 1 aromatic carbocycles. The van der Waals surface area contributed by atoms with Gasteiger partial charge in [0.1, 0.15) is 0 Å². The molecule has 0 fully saturated rings. The van der Waals surface area contributed by atoms with Gasteiger partial charge in [0, 0.05) is 25.0 Å². The number of nitrogens with zero attached hydrogens (tertiary/aromatic N) is 2. The molecule has 3 N–H and O–H groups in total. The Morgan fingerprint density at radius 2 is 1.69 bits per heavy atom. The summed E-state index contributed by atoms with van der Waals surface area (Å²) in [6.45, 7) is 0.728. The number of hydrogen-bond donors (Lipinski definition) is 3. The molecule has 10 nitrogen and oxygen atoms in total. The van der Waals surface area contributed by atoms with Crippen LogP contribution in [0.5, 0.6) is 0 Å². The van der Waals surface area contributed by atoms with Gasteiger partial charge in [-0.2, -0.15) is 8.42 Å². The molecule has 29 heavy (non-hydrogen) atoms. The van der Waals surface area contributed by atoms with Gasteiger partial charge in [0.15, 0.2) is 0 Å². The van der Waals surface area contributed by atoms with Gasteiger partial charge in [0.2, 0.25) is 0 Å². The Bertz CT molecular complexity index is 1050. The van der Waals surface area contributed by atoms with Crippen molar-refractivity contribution in [2.45, 2.75) is 11.4 Å². The van der Waals surface area contributed by atoms with Crippen molar-refractivity contribution in [2.24, 2.45) is 0 Å². The number of carbonyl (C=O) groups is 1. The highest BCUT2D eigenvalue weighted by Crippen LogP contribution is 2.17. The molecule has 0 spiro atoms. The summed E-state index contributed by atoms with van der Waals surface area (Å²) < 4.78 is 52.1. The Hall–Kier alpha value is -2.51. The van der Waals surface area contributed by atoms with Crippen LogP contribution in [0.25, 0.3) is 6.08 Å². The third-order valence-electron chi connectivity index (χ3n) is 3.23. The first-order chi connectivity index (χ1) is 13.3. The summed E-state index contributed by atoms with van der Waals surface area (Å²) in [6.07, 6.45) is 6.01. The summed E-state index contributed by atoms with van der Waals surface area (Å²) in [5.74, 6) is -0.693. The van der Waals surface area contributed by atoms with Crippen LogP contribution in [0.3, 0.4) is 0 Å². The predicted molar refractivity (Wildman–Crippen MR) is 107 cm³/mol. The highest BCUT2D eigenvalue weighted by molar-refractivity contribution is 7.90. The second-order valence-electron chi connectivity index (χ2n) is 6.20. The molecule has 0 aliphatic carbocycles. The van der Waals surface area contributed by atoms with Crippen LogP contribution < -0.4 is 5.48 Å². The van der Waals surface area contributed by atoms with Crippen LogP contribution in [-0.2, 0) is 31.5 Å². The monoisotopic (exact) mass is 445 g/mol. The second-order valence-corrected chi connectivity index (χ2v) is 9.51. The third-order valence-corrected chi connectivity index (χ3v) is 4.88. The topological polar surface area (TPSA) is 146 Å². The normalized spacial score (nSPS) is 11.9. The molecule has 2 aromatic rings. The van der Waals surface area contributed by atoms with Gasteiger partial charge >= 0.3 is 0 Å². The molecule has 0 saturated carbocycles. The van der Waals surface area contributed by atoms with Crippen LogP contribution in [0.2, 0.25) is 0 Å². The molecule has 0 radical (unpaired) electrons. The zero-order valence-electron chi connectivity index (χ0n) is 16.0. The number of rotatable bonds is 6. The summed E-state index contributed by atoms with van der Waals surface area (Å²) in [5.41, 5.74) is 3.00. The zero-order valence-corrected chi connectivity index (χ0v) is 17.7. The molecule has 1 amide bonds. The van der Waals surface area contributed by atoms with Gasteiger partial charge in [-0.05, 0) is 49.5 Å². The fourth-order valence-electron chi connectivity index (χ4n) is 2.10. The Morgan fingerprint density at radius 1 is 1.14 bits per heavy atom. The quantitative estimate of drug-likeness (QED) is 0.256. The van der Waals surface area contributed by atoms with Crippen LogP contribution in [0.1, 0.15) is 11.1 Å². The Labute approximate surface area is 169 Å². The fraction of sp³-hybridized carbons (Fsp3) is 0.235. The lowest BCUT2D eigenvalue weighted by molar-refractivity contribution is -0.124. The molecule has 1 aromatic heterocycles. The number of benzene rings is 1. The van der Waals surface area contributed by atoms with Crippen molar-refractivity contribution in [1.29, 1.82) is 0 Å². The average molecular weight is 446 g/mol. The highest BCUT2D eigenvalue weighted by Gasteiger charge is 2.16. The minimum atomic E-state index is -3.69. The lowest BCUT2D eigenvalue weighted by Gasteiger charge is -2.10. The summed E-state index contributed by atoms with van der Waals surface area (Å²) in [7, 11) is -3.47. The lowest BCUT2D eigenvalue weighted by Crippen LogP contribution is -2.14. The molecular formula is C17H23N3O7S2. The third kappa shape index (κ3) is 9.02. The van der Waals surface area contributed by atoms with E-state index in [9.17, 15) is 21.6 Å². The van der Waals surface area contributed by atoms with Gasteiger partial charge in [-0.15, -0.1) is 0 Å². The fourth-order valence-corrected chi connectivity index (χ4v) is 3.31. The van der Waals surface area contributed by atoms with Crippen LogP contribution in [0.15, 0.2) is 53.7 Å². The smallest absolute Gasteiger partial charge is 0.267 e. The van der Waals surface area contributed by atoms with Crippen LogP contribution in [0.4, 0.5) is 0 Å². The highest BCUT2D eigenvalue weighted by atomic mass is 32.2. The second kappa shape index (κ2) is 10.3. The van der Waals surface area contributed by atoms with Gasteiger partial charge in [-0.25, -0.2) is 17.9 Å². The maximum absolute atomic E-state index is 12.6. The van der Waals surface area contributed by atoms with E-state index in [0.717, 1.165) is 22.2 Å². The maximum Gasteiger partial charge on any atom is 0.267 e. The van der Waals surface area contributed by atoms with Crippen LogP contribution in [0, 0.1) is 0 Å². The van der Waals surface area contributed by atoms with E-state index in [-0.39, 0.29) is 4.90 Å². The first-order valence-electron chi connectivity index (χ1n) is 8.05. The number of hydroxylamine groups is 1. The number of nitrogens with one attached hydrogen (secondary N) is 1. The van der Waals surface area contributed by atoms with E-state index in [1.807, 2.05) is 19.0 Å². The van der Waals surface area contributed by atoms with Crippen molar-refractivity contribution in [1.82, 2.24) is 14.4 Å². The van der Waals surface area contributed by atoms with Crippen molar-refractivity contribution in [3.05, 3.63) is 59.9 Å². The molecule has 0 aliphatic rings. The SMILES string of the molecule is CN(C)Cc1ccc(S(=O)(=O)n2ccc(/C=C/C(=O)NO)c2)cc1.CS(=O)(=O)O. The Balaban J connectivity index is 0.000000749. The Kier molecular flexibility index (Phi) is 8.73. The first kappa shape index (κ1) is 24.5. The average Bonchev–Trinajstić information content (AvgIpc) is 3.08. The van der Waals surface area contributed by atoms with E-state index in [4.69, 9.17) is 9.76 Å². The molecule has 0 saturated heterocycles. The largest absolute Gasteiger partial charge is 0.305 e. The zero-order chi connectivity index (χ0) is 22.2. The van der Waals surface area contributed by atoms with E-state index in [1.54, 1.807) is 30.3 Å². The molecule has 12 heteroatoms. The maximum atomic E-state index is 12.6. The molecule has 2 rings (SSSR count). The number of aromatic nitrogens is 1. The van der Waals surface area contributed by atoms with Gasteiger partial charge in [-0.1, -0.05) is 12.1 Å². The molecular weight excluding hydrogens is 422 g/mol. The van der Waals surface area contributed by atoms with Crippen molar-refractivity contribution >= 4 is 32.1 Å². The summed E-state index contributed by atoms with van der Waals surface area (Å²) in [5, 5.41) is 8.42. The molecule has 0 atom stereocenters. The Morgan fingerprint density at radius 3 is 2.17 bits per heavy atom.